The molecule has 0 aliphatic rings. The van der Waals surface area contributed by atoms with E-state index >= 15 is 0 Å². The second-order valence-corrected chi connectivity index (χ2v) is 4.26. The molecule has 92 valence electrons. The third-order valence-corrected chi connectivity index (χ3v) is 2.72. The van der Waals surface area contributed by atoms with E-state index in [9.17, 15) is 10.2 Å². The van der Waals surface area contributed by atoms with Gasteiger partial charge in [0.05, 0.1) is 6.10 Å². The summed E-state index contributed by atoms with van der Waals surface area (Å²) >= 11 is 0. The van der Waals surface area contributed by atoms with Crippen molar-refractivity contribution >= 4 is 0 Å². The minimum atomic E-state index is -0.453. The smallest absolute Gasteiger partial charge is 0.0729 e. The first kappa shape index (κ1) is 14.8. The quantitative estimate of drug-likeness (QED) is 0.595. The fraction of sp³-hybridized carbons (Fsp3) is 1.00. The van der Waals surface area contributed by atoms with Crippen LogP contribution in [0.4, 0.5) is 0 Å². The molecule has 0 saturated heterocycles. The summed E-state index contributed by atoms with van der Waals surface area (Å²) in [7, 11) is 3.85. The van der Waals surface area contributed by atoms with Crippen molar-refractivity contribution in [3.8, 4) is 0 Å². The highest BCUT2D eigenvalue weighted by atomic mass is 16.3. The number of hydrogen-bond acceptors (Lipinski definition) is 4. The summed E-state index contributed by atoms with van der Waals surface area (Å²) in [5.41, 5.74) is 0. The summed E-state index contributed by atoms with van der Waals surface area (Å²) in [6.07, 6.45) is -0.453. The van der Waals surface area contributed by atoms with Crippen LogP contribution in [0.1, 0.15) is 13.8 Å². The molecule has 15 heavy (non-hydrogen) atoms. The molecule has 0 aromatic carbocycles. The molecule has 4 heteroatoms. The van der Waals surface area contributed by atoms with Crippen LogP contribution in [-0.2, 0) is 0 Å². The van der Waals surface area contributed by atoms with E-state index in [1.165, 1.54) is 0 Å². The SMILES string of the molecule is CCN(CC)CC(CO)C(O)CN(C)C. The summed E-state index contributed by atoms with van der Waals surface area (Å²) in [5, 5.41) is 19.1. The van der Waals surface area contributed by atoms with Crippen LogP contribution in [0.3, 0.4) is 0 Å². The lowest BCUT2D eigenvalue weighted by molar-refractivity contribution is 0.0295. The first-order chi connectivity index (χ1) is 7.04. The van der Waals surface area contributed by atoms with Crippen molar-refractivity contribution in [2.45, 2.75) is 20.0 Å². The molecule has 2 N–H and O–H groups in total. The molecule has 0 saturated carbocycles. The van der Waals surface area contributed by atoms with Crippen LogP contribution in [0.25, 0.3) is 0 Å². The Morgan fingerprint density at radius 3 is 1.93 bits per heavy atom. The summed E-state index contributed by atoms with van der Waals surface area (Å²) < 4.78 is 0. The normalized spacial score (nSPS) is 16.0. The highest BCUT2D eigenvalue weighted by molar-refractivity contribution is 4.73. The summed E-state index contributed by atoms with van der Waals surface area (Å²) in [5.74, 6) is -0.0488. The number of rotatable bonds is 8. The van der Waals surface area contributed by atoms with E-state index in [0.717, 1.165) is 19.6 Å². The van der Waals surface area contributed by atoms with Gasteiger partial charge in [-0.15, -0.1) is 0 Å². The molecule has 0 rings (SSSR count). The van der Waals surface area contributed by atoms with Crippen molar-refractivity contribution in [1.82, 2.24) is 9.80 Å². The first-order valence-electron chi connectivity index (χ1n) is 5.71. The van der Waals surface area contributed by atoms with Crippen LogP contribution in [-0.4, -0.2) is 73.0 Å². The van der Waals surface area contributed by atoms with Crippen molar-refractivity contribution < 1.29 is 10.2 Å². The van der Waals surface area contributed by atoms with Gasteiger partial charge < -0.3 is 20.0 Å². The van der Waals surface area contributed by atoms with Crippen LogP contribution in [0.15, 0.2) is 0 Å². The lowest BCUT2D eigenvalue weighted by Crippen LogP contribution is -2.41. The molecular weight excluding hydrogens is 192 g/mol. The van der Waals surface area contributed by atoms with Gasteiger partial charge in [-0.3, -0.25) is 0 Å². The molecule has 0 spiro atoms. The van der Waals surface area contributed by atoms with E-state index < -0.39 is 6.10 Å². The molecule has 0 aliphatic heterocycles. The van der Waals surface area contributed by atoms with Crippen LogP contribution >= 0.6 is 0 Å². The van der Waals surface area contributed by atoms with Crippen LogP contribution in [0.2, 0.25) is 0 Å². The number of nitrogens with zero attached hydrogens (tertiary/aromatic N) is 2. The highest BCUT2D eigenvalue weighted by Crippen LogP contribution is 2.07. The molecule has 0 aromatic heterocycles. The Kier molecular flexibility index (Phi) is 7.96. The van der Waals surface area contributed by atoms with Crippen LogP contribution in [0, 0.1) is 5.92 Å². The second kappa shape index (κ2) is 8.05. The molecule has 4 nitrogen and oxygen atoms in total. The molecule has 2 unspecified atom stereocenters. The lowest BCUT2D eigenvalue weighted by atomic mass is 10.0. The van der Waals surface area contributed by atoms with Gasteiger partial charge in [-0.1, -0.05) is 13.8 Å². The largest absolute Gasteiger partial charge is 0.396 e. The zero-order chi connectivity index (χ0) is 11.8. The molecule has 0 bridgehead atoms. The Morgan fingerprint density at radius 2 is 1.60 bits per heavy atom. The fourth-order valence-corrected chi connectivity index (χ4v) is 1.64. The summed E-state index contributed by atoms with van der Waals surface area (Å²) in [6, 6.07) is 0. The zero-order valence-corrected chi connectivity index (χ0v) is 10.5. The number of aliphatic hydroxyl groups excluding tert-OH is 2. The highest BCUT2D eigenvalue weighted by Gasteiger charge is 2.20. The van der Waals surface area contributed by atoms with Gasteiger partial charge in [0.25, 0.3) is 0 Å². The number of aliphatic hydroxyl groups is 2. The third kappa shape index (κ3) is 6.10. The number of hydrogen-bond donors (Lipinski definition) is 2. The number of likely N-dealkylation sites (N-methyl/N-ethyl adjacent to an activating group) is 1. The average molecular weight is 218 g/mol. The van der Waals surface area contributed by atoms with Gasteiger partial charge in [0.1, 0.15) is 0 Å². The maximum atomic E-state index is 9.89. The van der Waals surface area contributed by atoms with Gasteiger partial charge >= 0.3 is 0 Å². The summed E-state index contributed by atoms with van der Waals surface area (Å²) in [6.45, 7) is 7.52. The van der Waals surface area contributed by atoms with Crippen molar-refractivity contribution in [2.24, 2.45) is 5.92 Å². The molecule has 0 aromatic rings. The van der Waals surface area contributed by atoms with Crippen molar-refractivity contribution in [1.29, 1.82) is 0 Å². The van der Waals surface area contributed by atoms with Gasteiger partial charge in [0.2, 0.25) is 0 Å². The lowest BCUT2D eigenvalue weighted by Gasteiger charge is -2.28. The van der Waals surface area contributed by atoms with E-state index in [2.05, 4.69) is 18.7 Å². The Balaban J connectivity index is 4.09. The van der Waals surface area contributed by atoms with Gasteiger partial charge in [-0.25, -0.2) is 0 Å². The average Bonchev–Trinajstić information content (AvgIpc) is 2.18. The monoisotopic (exact) mass is 218 g/mol. The Labute approximate surface area is 93.5 Å². The van der Waals surface area contributed by atoms with Crippen LogP contribution < -0.4 is 0 Å². The van der Waals surface area contributed by atoms with Crippen molar-refractivity contribution in [3.63, 3.8) is 0 Å². The third-order valence-electron chi connectivity index (χ3n) is 2.72. The van der Waals surface area contributed by atoms with E-state index in [4.69, 9.17) is 0 Å². The van der Waals surface area contributed by atoms with Gasteiger partial charge in [-0.05, 0) is 27.2 Å². The Bertz CT molecular complexity index is 150. The molecule has 0 heterocycles. The van der Waals surface area contributed by atoms with Crippen molar-refractivity contribution in [2.75, 3.05) is 46.9 Å². The predicted octanol–water partition coefficient (Wildman–Crippen LogP) is -0.141. The second-order valence-electron chi connectivity index (χ2n) is 4.26. The van der Waals surface area contributed by atoms with Gasteiger partial charge in [0, 0.05) is 25.6 Å². The van der Waals surface area contributed by atoms with Gasteiger partial charge in [-0.2, -0.15) is 0 Å². The maximum Gasteiger partial charge on any atom is 0.0729 e. The minimum Gasteiger partial charge on any atom is -0.396 e. The van der Waals surface area contributed by atoms with Crippen molar-refractivity contribution in [3.05, 3.63) is 0 Å². The van der Waals surface area contributed by atoms with E-state index in [0.29, 0.717) is 6.54 Å². The topological polar surface area (TPSA) is 46.9 Å². The first-order valence-corrected chi connectivity index (χ1v) is 5.71. The minimum absolute atomic E-state index is 0.0471. The van der Waals surface area contributed by atoms with E-state index in [-0.39, 0.29) is 12.5 Å². The Hall–Kier alpha value is -0.160. The molecule has 0 fully saturated rings. The standard InChI is InChI=1S/C11H26N2O2/c1-5-13(6-2)7-10(9-14)11(15)8-12(3)4/h10-11,14-15H,5-9H2,1-4H3. The zero-order valence-electron chi connectivity index (χ0n) is 10.5. The van der Waals surface area contributed by atoms with Crippen LogP contribution in [0.5, 0.6) is 0 Å². The molecular formula is C11H26N2O2. The fourth-order valence-electron chi connectivity index (χ4n) is 1.64. The molecule has 2 atom stereocenters. The van der Waals surface area contributed by atoms with E-state index in [1.807, 2.05) is 19.0 Å². The predicted molar refractivity (Wildman–Crippen MR) is 62.9 cm³/mol. The maximum absolute atomic E-state index is 9.89. The van der Waals surface area contributed by atoms with Gasteiger partial charge in [0.15, 0.2) is 0 Å². The van der Waals surface area contributed by atoms with E-state index in [1.54, 1.807) is 0 Å². The summed E-state index contributed by atoms with van der Waals surface area (Å²) in [4.78, 5) is 4.16. The Morgan fingerprint density at radius 1 is 1.07 bits per heavy atom. The molecule has 0 amide bonds. The molecule has 0 aliphatic carbocycles. The molecule has 0 radical (unpaired) electrons.